The highest BCUT2D eigenvalue weighted by atomic mass is 14.8. The van der Waals surface area contributed by atoms with Crippen LogP contribution >= 0.6 is 0 Å². The van der Waals surface area contributed by atoms with E-state index >= 15 is 0 Å². The molecule has 0 spiro atoms. The molecule has 2 nitrogen and oxygen atoms in total. The Morgan fingerprint density at radius 2 is 1.89 bits per heavy atom. The molecule has 3 aromatic rings. The number of anilines is 1. The Morgan fingerprint density at radius 3 is 2.78 bits per heavy atom. The quantitative estimate of drug-likeness (QED) is 0.726. The minimum Gasteiger partial charge on any atom is -0.388 e. The molecule has 0 unspecified atom stereocenters. The number of fused-ring (bicyclic) bond motifs is 1. The molecule has 0 saturated carbocycles. The van der Waals surface area contributed by atoms with Crippen molar-refractivity contribution < 1.29 is 0 Å². The van der Waals surface area contributed by atoms with E-state index in [1.165, 1.54) is 21.9 Å². The molecule has 0 atom stereocenters. The molecule has 0 aliphatic carbocycles. The number of rotatable bonds is 2. The van der Waals surface area contributed by atoms with Gasteiger partial charge >= 0.3 is 0 Å². The number of nitrogens with zero attached hydrogens (tertiary/aromatic N) is 1. The largest absolute Gasteiger partial charge is 0.388 e. The molecule has 2 heteroatoms. The highest BCUT2D eigenvalue weighted by molar-refractivity contribution is 5.96. The van der Waals surface area contributed by atoms with Gasteiger partial charge in [0.05, 0.1) is 0 Å². The topological polar surface area (TPSA) is 24.9 Å². The average molecular weight is 234 g/mol. The van der Waals surface area contributed by atoms with Crippen molar-refractivity contribution in [2.75, 3.05) is 12.4 Å². The van der Waals surface area contributed by atoms with Crippen molar-refractivity contribution in [1.82, 2.24) is 4.98 Å². The van der Waals surface area contributed by atoms with Gasteiger partial charge in [-0.2, -0.15) is 0 Å². The van der Waals surface area contributed by atoms with Crippen molar-refractivity contribution in [3.63, 3.8) is 0 Å². The SMILES string of the molecule is CNc1cccc(-c2cccc3ccncc23)c1. The molecule has 0 fully saturated rings. The first-order chi connectivity index (χ1) is 8.88. The van der Waals surface area contributed by atoms with E-state index < -0.39 is 0 Å². The molecule has 0 aliphatic heterocycles. The van der Waals surface area contributed by atoms with Gasteiger partial charge in [-0.1, -0.05) is 30.3 Å². The van der Waals surface area contributed by atoms with Crippen molar-refractivity contribution in [2.45, 2.75) is 0 Å². The van der Waals surface area contributed by atoms with Crippen LogP contribution in [0.15, 0.2) is 60.9 Å². The number of benzene rings is 2. The highest BCUT2D eigenvalue weighted by Gasteiger charge is 2.03. The number of aromatic nitrogens is 1. The predicted molar refractivity (Wildman–Crippen MR) is 76.7 cm³/mol. The molecular weight excluding hydrogens is 220 g/mol. The van der Waals surface area contributed by atoms with Crippen molar-refractivity contribution in [2.24, 2.45) is 0 Å². The summed E-state index contributed by atoms with van der Waals surface area (Å²) in [7, 11) is 1.93. The summed E-state index contributed by atoms with van der Waals surface area (Å²) >= 11 is 0. The van der Waals surface area contributed by atoms with E-state index in [1.54, 1.807) is 0 Å². The van der Waals surface area contributed by atoms with E-state index in [1.807, 2.05) is 25.5 Å². The fourth-order valence-corrected chi connectivity index (χ4v) is 2.21. The van der Waals surface area contributed by atoms with E-state index in [9.17, 15) is 0 Å². The molecule has 1 N–H and O–H groups in total. The Kier molecular flexibility index (Phi) is 2.69. The first-order valence-electron chi connectivity index (χ1n) is 5.99. The first-order valence-corrected chi connectivity index (χ1v) is 5.99. The van der Waals surface area contributed by atoms with Gasteiger partial charge in [-0.05, 0) is 34.7 Å². The standard InChI is InChI=1S/C16H14N2/c1-17-14-6-2-5-13(10-14)15-7-3-4-12-8-9-18-11-16(12)15/h2-11,17H,1H3. The maximum absolute atomic E-state index is 4.23. The zero-order valence-corrected chi connectivity index (χ0v) is 10.2. The van der Waals surface area contributed by atoms with E-state index in [-0.39, 0.29) is 0 Å². The van der Waals surface area contributed by atoms with Gasteiger partial charge in [0.1, 0.15) is 0 Å². The van der Waals surface area contributed by atoms with E-state index in [4.69, 9.17) is 0 Å². The first kappa shape index (κ1) is 10.8. The Hall–Kier alpha value is -2.35. The molecule has 2 aromatic carbocycles. The van der Waals surface area contributed by atoms with Gasteiger partial charge in [0.15, 0.2) is 0 Å². The third kappa shape index (κ3) is 1.82. The van der Waals surface area contributed by atoms with Crippen molar-refractivity contribution in [3.8, 4) is 11.1 Å². The summed E-state index contributed by atoms with van der Waals surface area (Å²) in [6, 6.07) is 16.8. The van der Waals surface area contributed by atoms with Gasteiger partial charge in [-0.25, -0.2) is 0 Å². The number of hydrogen-bond acceptors (Lipinski definition) is 2. The Bertz CT molecular complexity index is 684. The summed E-state index contributed by atoms with van der Waals surface area (Å²) in [5.41, 5.74) is 3.55. The van der Waals surface area contributed by atoms with Gasteiger partial charge in [0, 0.05) is 30.5 Å². The number of pyridine rings is 1. The minimum atomic E-state index is 1.12. The lowest BCUT2D eigenvalue weighted by Crippen LogP contribution is -1.88. The maximum atomic E-state index is 4.23. The van der Waals surface area contributed by atoms with Gasteiger partial charge in [-0.3, -0.25) is 4.98 Å². The van der Waals surface area contributed by atoms with Crippen molar-refractivity contribution >= 4 is 16.5 Å². The zero-order valence-electron chi connectivity index (χ0n) is 10.2. The lowest BCUT2D eigenvalue weighted by molar-refractivity contribution is 1.36. The van der Waals surface area contributed by atoms with Gasteiger partial charge in [-0.15, -0.1) is 0 Å². The predicted octanol–water partition coefficient (Wildman–Crippen LogP) is 3.94. The summed E-state index contributed by atoms with van der Waals surface area (Å²) in [4.78, 5) is 4.23. The van der Waals surface area contributed by atoms with Crippen LogP contribution in [0.3, 0.4) is 0 Å². The molecule has 88 valence electrons. The smallest absolute Gasteiger partial charge is 0.0352 e. The van der Waals surface area contributed by atoms with Crippen LogP contribution in [0.5, 0.6) is 0 Å². The van der Waals surface area contributed by atoms with Gasteiger partial charge < -0.3 is 5.32 Å². The van der Waals surface area contributed by atoms with E-state index in [2.05, 4.69) is 52.8 Å². The lowest BCUT2D eigenvalue weighted by atomic mass is 9.99. The minimum absolute atomic E-state index is 1.12. The van der Waals surface area contributed by atoms with Crippen molar-refractivity contribution in [1.29, 1.82) is 0 Å². The molecule has 18 heavy (non-hydrogen) atoms. The van der Waals surface area contributed by atoms with Crippen LogP contribution in [0, 0.1) is 0 Å². The van der Waals surface area contributed by atoms with Gasteiger partial charge in [0.2, 0.25) is 0 Å². The van der Waals surface area contributed by atoms with Crippen LogP contribution in [-0.2, 0) is 0 Å². The van der Waals surface area contributed by atoms with Crippen LogP contribution in [0.2, 0.25) is 0 Å². The third-order valence-electron chi connectivity index (χ3n) is 3.15. The summed E-state index contributed by atoms with van der Waals surface area (Å²) in [5, 5.41) is 5.58. The van der Waals surface area contributed by atoms with Crippen LogP contribution < -0.4 is 5.32 Å². The molecule has 1 heterocycles. The second kappa shape index (κ2) is 4.49. The summed E-state index contributed by atoms with van der Waals surface area (Å²) in [6.45, 7) is 0. The lowest BCUT2D eigenvalue weighted by Gasteiger charge is -2.08. The molecule has 0 bridgehead atoms. The highest BCUT2D eigenvalue weighted by Crippen LogP contribution is 2.29. The second-order valence-electron chi connectivity index (χ2n) is 4.23. The van der Waals surface area contributed by atoms with Crippen LogP contribution in [0.1, 0.15) is 0 Å². The summed E-state index contributed by atoms with van der Waals surface area (Å²) < 4.78 is 0. The Labute approximate surface area is 106 Å². The monoisotopic (exact) mass is 234 g/mol. The fourth-order valence-electron chi connectivity index (χ4n) is 2.21. The average Bonchev–Trinajstić information content (AvgIpc) is 2.47. The molecule has 3 rings (SSSR count). The molecular formula is C16H14N2. The third-order valence-corrected chi connectivity index (χ3v) is 3.15. The summed E-state index contributed by atoms with van der Waals surface area (Å²) in [6.07, 6.45) is 3.76. The van der Waals surface area contributed by atoms with Crippen LogP contribution in [-0.4, -0.2) is 12.0 Å². The molecule has 0 radical (unpaired) electrons. The normalized spacial score (nSPS) is 10.5. The number of hydrogen-bond donors (Lipinski definition) is 1. The molecule has 0 aliphatic rings. The molecule has 1 aromatic heterocycles. The Balaban J connectivity index is 2.24. The maximum Gasteiger partial charge on any atom is 0.0352 e. The van der Waals surface area contributed by atoms with Crippen molar-refractivity contribution in [3.05, 3.63) is 60.9 Å². The van der Waals surface area contributed by atoms with Gasteiger partial charge in [0.25, 0.3) is 0 Å². The van der Waals surface area contributed by atoms with Crippen LogP contribution in [0.4, 0.5) is 5.69 Å². The molecule has 0 saturated heterocycles. The zero-order chi connectivity index (χ0) is 12.4. The Morgan fingerprint density at radius 1 is 1.00 bits per heavy atom. The van der Waals surface area contributed by atoms with Crippen LogP contribution in [0.25, 0.3) is 21.9 Å². The van der Waals surface area contributed by atoms with E-state index in [0.29, 0.717) is 0 Å². The summed E-state index contributed by atoms with van der Waals surface area (Å²) in [5.74, 6) is 0. The number of nitrogens with one attached hydrogen (secondary N) is 1. The van der Waals surface area contributed by atoms with E-state index in [0.717, 1.165) is 5.69 Å². The second-order valence-corrected chi connectivity index (χ2v) is 4.23. The molecule has 0 amide bonds. The fraction of sp³-hybridized carbons (Fsp3) is 0.0625.